The summed E-state index contributed by atoms with van der Waals surface area (Å²) in [4.78, 5) is 11.3. The Morgan fingerprint density at radius 2 is 2.05 bits per heavy atom. The van der Waals surface area contributed by atoms with Gasteiger partial charge >= 0.3 is 0 Å². The molecule has 0 aliphatic heterocycles. The number of primary amides is 1. The summed E-state index contributed by atoms with van der Waals surface area (Å²) in [6, 6.07) is 7.33. The van der Waals surface area contributed by atoms with E-state index in [1.54, 1.807) is 12.1 Å². The van der Waals surface area contributed by atoms with Crippen molar-refractivity contribution in [2.45, 2.75) is 20.4 Å². The topological polar surface area (TPSA) is 60.0 Å². The van der Waals surface area contributed by atoms with Crippen LogP contribution < -0.4 is 11.1 Å². The molecule has 0 fully saturated rings. The van der Waals surface area contributed by atoms with Crippen LogP contribution in [0.15, 0.2) is 24.3 Å². The maximum Gasteiger partial charge on any atom is 0.250 e. The lowest BCUT2D eigenvalue weighted by Gasteiger charge is -2.09. The van der Waals surface area contributed by atoms with E-state index >= 15 is 0 Å². The number of hydrogen-bond donors (Lipinski definition) is 2. The average molecular weight is 292 g/mol. The summed E-state index contributed by atoms with van der Waals surface area (Å²) < 4.78 is 2.15. The lowest BCUT2D eigenvalue weighted by molar-refractivity contribution is 0.100. The van der Waals surface area contributed by atoms with Crippen molar-refractivity contribution >= 4 is 23.2 Å². The predicted molar refractivity (Wildman–Crippen MR) is 82.2 cm³/mol. The fraction of sp³-hybridized carbons (Fsp3) is 0.267. The molecule has 1 heterocycles. The van der Waals surface area contributed by atoms with Crippen LogP contribution in [0.5, 0.6) is 0 Å². The number of nitrogens with zero attached hydrogens (tertiary/aromatic N) is 1. The number of aryl methyl sites for hydroxylation is 1. The highest BCUT2D eigenvalue weighted by Gasteiger charge is 2.09. The first-order valence-corrected chi connectivity index (χ1v) is 6.73. The Hall–Kier alpha value is -1.94. The normalized spacial score (nSPS) is 10.6. The standard InChI is InChI=1S/C15H18ClN3O/c1-9-6-11(10(2)19(9)3)8-18-12-4-5-14(16)13(7-12)15(17)20/h4-7,18H,8H2,1-3H3,(H2,17,20). The summed E-state index contributed by atoms with van der Waals surface area (Å²) >= 11 is 5.93. The summed E-state index contributed by atoms with van der Waals surface area (Å²) in [5.41, 5.74) is 10.1. The smallest absolute Gasteiger partial charge is 0.250 e. The van der Waals surface area contributed by atoms with Crippen LogP contribution in [0.4, 0.5) is 5.69 Å². The van der Waals surface area contributed by atoms with E-state index in [0.29, 0.717) is 17.1 Å². The van der Waals surface area contributed by atoms with Gasteiger partial charge in [-0.1, -0.05) is 11.6 Å². The molecule has 0 aliphatic rings. The van der Waals surface area contributed by atoms with Gasteiger partial charge in [0, 0.05) is 30.7 Å². The van der Waals surface area contributed by atoms with Gasteiger partial charge in [0.25, 0.3) is 0 Å². The minimum absolute atomic E-state index is 0.331. The number of halogens is 1. The zero-order valence-electron chi connectivity index (χ0n) is 11.8. The second kappa shape index (κ2) is 5.59. The SMILES string of the molecule is Cc1cc(CNc2ccc(Cl)c(C(N)=O)c2)c(C)n1C. The highest BCUT2D eigenvalue weighted by atomic mass is 35.5. The molecule has 1 amide bonds. The summed E-state index contributed by atoms with van der Waals surface area (Å²) in [5, 5.41) is 3.66. The molecule has 106 valence electrons. The summed E-state index contributed by atoms with van der Waals surface area (Å²) in [7, 11) is 2.04. The van der Waals surface area contributed by atoms with Gasteiger partial charge in [-0.05, 0) is 43.7 Å². The first kappa shape index (κ1) is 14.5. The third kappa shape index (κ3) is 2.80. The average Bonchev–Trinajstić information content (AvgIpc) is 2.65. The van der Waals surface area contributed by atoms with Crippen LogP contribution in [0.1, 0.15) is 27.3 Å². The van der Waals surface area contributed by atoms with Gasteiger partial charge < -0.3 is 15.6 Å². The van der Waals surface area contributed by atoms with E-state index in [1.165, 1.54) is 17.0 Å². The number of nitrogens with two attached hydrogens (primary N) is 1. The van der Waals surface area contributed by atoms with Crippen LogP contribution in [0.3, 0.4) is 0 Å². The number of rotatable bonds is 4. The fourth-order valence-electron chi connectivity index (χ4n) is 2.13. The van der Waals surface area contributed by atoms with Crippen molar-refractivity contribution in [3.63, 3.8) is 0 Å². The Morgan fingerprint density at radius 1 is 1.35 bits per heavy atom. The highest BCUT2D eigenvalue weighted by Crippen LogP contribution is 2.21. The molecule has 0 saturated heterocycles. The van der Waals surface area contributed by atoms with Gasteiger partial charge in [0.2, 0.25) is 5.91 Å². The third-order valence-electron chi connectivity index (χ3n) is 3.59. The Kier molecular flexibility index (Phi) is 4.04. The van der Waals surface area contributed by atoms with E-state index in [9.17, 15) is 4.79 Å². The van der Waals surface area contributed by atoms with E-state index in [4.69, 9.17) is 17.3 Å². The number of carbonyl (C=O) groups excluding carboxylic acids is 1. The molecule has 2 aromatic rings. The van der Waals surface area contributed by atoms with Crippen molar-refractivity contribution in [2.24, 2.45) is 12.8 Å². The lowest BCUT2D eigenvalue weighted by Crippen LogP contribution is -2.12. The predicted octanol–water partition coefficient (Wildman–Crippen LogP) is 3.01. The van der Waals surface area contributed by atoms with Crippen LogP contribution >= 0.6 is 11.6 Å². The monoisotopic (exact) mass is 291 g/mol. The Labute approximate surface area is 123 Å². The largest absolute Gasteiger partial charge is 0.381 e. The van der Waals surface area contributed by atoms with Crippen LogP contribution in [0, 0.1) is 13.8 Å². The number of aromatic nitrogens is 1. The van der Waals surface area contributed by atoms with Gasteiger partial charge in [-0.25, -0.2) is 0 Å². The van der Waals surface area contributed by atoms with Crippen molar-refractivity contribution in [1.29, 1.82) is 0 Å². The van der Waals surface area contributed by atoms with E-state index in [-0.39, 0.29) is 0 Å². The van der Waals surface area contributed by atoms with Crippen LogP contribution in [0.2, 0.25) is 5.02 Å². The van der Waals surface area contributed by atoms with Crippen LogP contribution in [-0.2, 0) is 13.6 Å². The molecule has 0 atom stereocenters. The molecular formula is C15H18ClN3O. The van der Waals surface area contributed by atoms with Crippen molar-refractivity contribution < 1.29 is 4.79 Å². The Balaban J connectivity index is 2.17. The number of amides is 1. The molecule has 0 unspecified atom stereocenters. The maximum absolute atomic E-state index is 11.3. The summed E-state index contributed by atoms with van der Waals surface area (Å²) in [6.45, 7) is 4.85. The highest BCUT2D eigenvalue weighted by molar-refractivity contribution is 6.33. The molecule has 2 rings (SSSR count). The molecule has 5 heteroatoms. The molecule has 0 aliphatic carbocycles. The molecular weight excluding hydrogens is 274 g/mol. The van der Waals surface area contributed by atoms with Crippen molar-refractivity contribution in [3.05, 3.63) is 51.8 Å². The first-order valence-electron chi connectivity index (χ1n) is 6.35. The molecule has 20 heavy (non-hydrogen) atoms. The zero-order chi connectivity index (χ0) is 14.9. The van der Waals surface area contributed by atoms with E-state index < -0.39 is 5.91 Å². The van der Waals surface area contributed by atoms with E-state index in [0.717, 1.165) is 5.69 Å². The Bertz CT molecular complexity index is 661. The van der Waals surface area contributed by atoms with Crippen LogP contribution in [-0.4, -0.2) is 10.5 Å². The molecule has 1 aromatic carbocycles. The number of benzene rings is 1. The minimum Gasteiger partial charge on any atom is -0.381 e. The quantitative estimate of drug-likeness (QED) is 0.910. The fourth-order valence-corrected chi connectivity index (χ4v) is 2.34. The van der Waals surface area contributed by atoms with Gasteiger partial charge in [0.15, 0.2) is 0 Å². The number of hydrogen-bond acceptors (Lipinski definition) is 2. The van der Waals surface area contributed by atoms with Crippen molar-refractivity contribution in [3.8, 4) is 0 Å². The number of anilines is 1. The first-order chi connectivity index (χ1) is 9.40. The lowest BCUT2D eigenvalue weighted by atomic mass is 10.1. The molecule has 1 aromatic heterocycles. The van der Waals surface area contributed by atoms with Crippen molar-refractivity contribution in [1.82, 2.24) is 4.57 Å². The van der Waals surface area contributed by atoms with E-state index in [1.807, 2.05) is 13.1 Å². The van der Waals surface area contributed by atoms with Gasteiger partial charge in [0.1, 0.15) is 0 Å². The summed E-state index contributed by atoms with van der Waals surface area (Å²) in [6.07, 6.45) is 0. The molecule has 0 saturated carbocycles. The van der Waals surface area contributed by atoms with E-state index in [2.05, 4.69) is 29.8 Å². The zero-order valence-corrected chi connectivity index (χ0v) is 12.6. The molecule has 0 spiro atoms. The number of carbonyl (C=O) groups is 1. The molecule has 0 bridgehead atoms. The van der Waals surface area contributed by atoms with Gasteiger partial charge in [0.05, 0.1) is 10.6 Å². The second-order valence-electron chi connectivity index (χ2n) is 4.87. The van der Waals surface area contributed by atoms with Crippen LogP contribution in [0.25, 0.3) is 0 Å². The third-order valence-corrected chi connectivity index (χ3v) is 3.92. The second-order valence-corrected chi connectivity index (χ2v) is 5.28. The van der Waals surface area contributed by atoms with Gasteiger partial charge in [-0.15, -0.1) is 0 Å². The molecule has 0 radical (unpaired) electrons. The number of nitrogens with one attached hydrogen (secondary N) is 1. The van der Waals surface area contributed by atoms with Crippen molar-refractivity contribution in [2.75, 3.05) is 5.32 Å². The maximum atomic E-state index is 11.3. The van der Waals surface area contributed by atoms with Gasteiger partial charge in [-0.2, -0.15) is 0 Å². The molecule has 4 nitrogen and oxygen atoms in total. The summed E-state index contributed by atoms with van der Waals surface area (Å²) in [5.74, 6) is -0.523. The molecule has 3 N–H and O–H groups in total. The van der Waals surface area contributed by atoms with Gasteiger partial charge in [-0.3, -0.25) is 4.79 Å². The minimum atomic E-state index is -0.523. The Morgan fingerprint density at radius 3 is 2.60 bits per heavy atom.